The van der Waals surface area contributed by atoms with Crippen molar-refractivity contribution >= 4 is 10.0 Å². The zero-order chi connectivity index (χ0) is 15.5. The van der Waals surface area contributed by atoms with Gasteiger partial charge in [-0.3, -0.25) is 0 Å². The van der Waals surface area contributed by atoms with E-state index in [1.807, 2.05) is 26.0 Å². The van der Waals surface area contributed by atoms with Crippen LogP contribution in [0.3, 0.4) is 0 Å². The summed E-state index contributed by atoms with van der Waals surface area (Å²) in [6, 6.07) is 7.50. The summed E-state index contributed by atoms with van der Waals surface area (Å²) in [5, 5.41) is 3.30. The molecule has 4 nitrogen and oxygen atoms in total. The van der Waals surface area contributed by atoms with Gasteiger partial charge in [0, 0.05) is 12.1 Å². The molecule has 1 aliphatic rings. The van der Waals surface area contributed by atoms with Crippen LogP contribution in [-0.4, -0.2) is 21.0 Å². The summed E-state index contributed by atoms with van der Waals surface area (Å²) in [5.74, 6) is 0.522. The number of rotatable bonds is 8. The van der Waals surface area contributed by atoms with Gasteiger partial charge in [-0.1, -0.05) is 32.4 Å². The van der Waals surface area contributed by atoms with Gasteiger partial charge in [0.2, 0.25) is 10.0 Å². The molecule has 0 aliphatic heterocycles. The van der Waals surface area contributed by atoms with E-state index in [-0.39, 0.29) is 12.1 Å². The monoisotopic (exact) mass is 310 g/mol. The Bertz CT molecular complexity index is 571. The highest BCUT2D eigenvalue weighted by molar-refractivity contribution is 7.89. The summed E-state index contributed by atoms with van der Waals surface area (Å²) in [7, 11) is -3.40. The Morgan fingerprint density at radius 1 is 1.33 bits per heavy atom. The molecule has 2 rings (SSSR count). The highest BCUT2D eigenvalue weighted by atomic mass is 32.2. The third-order valence-electron chi connectivity index (χ3n) is 4.07. The van der Waals surface area contributed by atoms with Crippen molar-refractivity contribution in [2.24, 2.45) is 5.92 Å². The first-order valence-electron chi connectivity index (χ1n) is 7.83. The van der Waals surface area contributed by atoms with E-state index in [1.165, 1.54) is 0 Å². The van der Waals surface area contributed by atoms with Crippen LogP contribution in [0.2, 0.25) is 0 Å². The normalized spacial score (nSPS) is 23.0. The molecular formula is C16H26N2O2S. The Morgan fingerprint density at radius 3 is 2.76 bits per heavy atom. The van der Waals surface area contributed by atoms with Crippen molar-refractivity contribution in [3.8, 4) is 0 Å². The van der Waals surface area contributed by atoms with Crippen molar-refractivity contribution in [1.29, 1.82) is 0 Å². The maximum atomic E-state index is 12.4. The average molecular weight is 310 g/mol. The number of hydrogen-bond acceptors (Lipinski definition) is 3. The van der Waals surface area contributed by atoms with Crippen molar-refractivity contribution in [2.45, 2.75) is 57.0 Å². The predicted molar refractivity (Wildman–Crippen MR) is 85.7 cm³/mol. The smallest absolute Gasteiger partial charge is 0.240 e. The SMILES string of the molecule is CCCC1CC1NS(=O)(=O)c1cccc(C(C)NCC)c1. The fourth-order valence-electron chi connectivity index (χ4n) is 2.72. The fraction of sp³-hybridized carbons (Fsp3) is 0.625. The Hall–Kier alpha value is -0.910. The summed E-state index contributed by atoms with van der Waals surface area (Å²) in [4.78, 5) is 0.368. The first-order valence-corrected chi connectivity index (χ1v) is 9.32. The topological polar surface area (TPSA) is 58.2 Å². The van der Waals surface area contributed by atoms with Gasteiger partial charge in [0.25, 0.3) is 0 Å². The van der Waals surface area contributed by atoms with Crippen LogP contribution in [0.1, 0.15) is 51.6 Å². The highest BCUT2D eigenvalue weighted by Crippen LogP contribution is 2.35. The Morgan fingerprint density at radius 2 is 2.10 bits per heavy atom. The van der Waals surface area contributed by atoms with E-state index in [0.29, 0.717) is 10.8 Å². The van der Waals surface area contributed by atoms with E-state index in [9.17, 15) is 8.42 Å². The van der Waals surface area contributed by atoms with Gasteiger partial charge in [-0.05, 0) is 49.9 Å². The molecule has 3 unspecified atom stereocenters. The maximum absolute atomic E-state index is 12.4. The van der Waals surface area contributed by atoms with Crippen molar-refractivity contribution < 1.29 is 8.42 Å². The number of nitrogens with one attached hydrogen (secondary N) is 2. The molecule has 1 aromatic rings. The van der Waals surface area contributed by atoms with Gasteiger partial charge >= 0.3 is 0 Å². The Kier molecular flexibility index (Phi) is 5.41. The van der Waals surface area contributed by atoms with Gasteiger partial charge in [0.15, 0.2) is 0 Å². The lowest BCUT2D eigenvalue weighted by atomic mass is 10.1. The molecule has 0 spiro atoms. The molecule has 21 heavy (non-hydrogen) atoms. The number of hydrogen-bond donors (Lipinski definition) is 2. The third kappa shape index (κ3) is 4.28. The molecule has 0 saturated heterocycles. The molecule has 0 amide bonds. The summed E-state index contributed by atoms with van der Waals surface area (Å²) in [6.45, 7) is 7.08. The Balaban J connectivity index is 2.08. The van der Waals surface area contributed by atoms with Crippen LogP contribution in [-0.2, 0) is 10.0 Å². The molecular weight excluding hydrogens is 284 g/mol. The quantitative estimate of drug-likeness (QED) is 0.776. The van der Waals surface area contributed by atoms with Crippen molar-refractivity contribution in [3.05, 3.63) is 29.8 Å². The molecule has 1 aliphatic carbocycles. The predicted octanol–water partition coefficient (Wildman–Crippen LogP) is 2.82. The molecule has 0 radical (unpaired) electrons. The van der Waals surface area contributed by atoms with Crippen LogP contribution < -0.4 is 10.0 Å². The fourth-order valence-corrected chi connectivity index (χ4v) is 4.10. The summed E-state index contributed by atoms with van der Waals surface area (Å²) in [6.07, 6.45) is 3.18. The van der Waals surface area contributed by atoms with Crippen molar-refractivity contribution in [2.75, 3.05) is 6.54 Å². The molecule has 1 saturated carbocycles. The van der Waals surface area contributed by atoms with Gasteiger partial charge in [0.1, 0.15) is 0 Å². The first-order chi connectivity index (χ1) is 9.97. The van der Waals surface area contributed by atoms with E-state index < -0.39 is 10.0 Å². The summed E-state index contributed by atoms with van der Waals surface area (Å²) < 4.78 is 27.7. The number of sulfonamides is 1. The van der Waals surface area contributed by atoms with Crippen LogP contribution in [0.25, 0.3) is 0 Å². The molecule has 118 valence electrons. The first kappa shape index (κ1) is 16.5. The summed E-state index contributed by atoms with van der Waals surface area (Å²) in [5.41, 5.74) is 1.00. The minimum Gasteiger partial charge on any atom is -0.310 e. The molecule has 1 fully saturated rings. The second-order valence-electron chi connectivity index (χ2n) is 5.86. The molecule has 0 aromatic heterocycles. The minimum atomic E-state index is -3.40. The van der Waals surface area contributed by atoms with E-state index in [1.54, 1.807) is 12.1 Å². The van der Waals surface area contributed by atoms with Gasteiger partial charge in [-0.15, -0.1) is 0 Å². The lowest BCUT2D eigenvalue weighted by molar-refractivity contribution is 0.571. The standard InChI is InChI=1S/C16H26N2O2S/c1-4-7-14-11-16(14)18-21(19,20)15-9-6-8-13(10-15)12(3)17-5-2/h6,8-10,12,14,16-18H,4-5,7,11H2,1-3H3. The maximum Gasteiger partial charge on any atom is 0.240 e. The van der Waals surface area contributed by atoms with E-state index in [2.05, 4.69) is 17.0 Å². The van der Waals surface area contributed by atoms with E-state index in [4.69, 9.17) is 0 Å². The van der Waals surface area contributed by atoms with Crippen LogP contribution in [0.4, 0.5) is 0 Å². The molecule has 2 N–H and O–H groups in total. The third-order valence-corrected chi connectivity index (χ3v) is 5.55. The molecule has 5 heteroatoms. The number of benzene rings is 1. The molecule has 3 atom stereocenters. The van der Waals surface area contributed by atoms with Crippen LogP contribution in [0.15, 0.2) is 29.2 Å². The van der Waals surface area contributed by atoms with Crippen LogP contribution >= 0.6 is 0 Å². The van der Waals surface area contributed by atoms with Gasteiger partial charge in [-0.2, -0.15) is 0 Å². The van der Waals surface area contributed by atoms with E-state index >= 15 is 0 Å². The van der Waals surface area contributed by atoms with E-state index in [0.717, 1.165) is 31.4 Å². The largest absolute Gasteiger partial charge is 0.310 e. The van der Waals surface area contributed by atoms with Crippen molar-refractivity contribution in [3.63, 3.8) is 0 Å². The second kappa shape index (κ2) is 6.90. The minimum absolute atomic E-state index is 0.129. The lowest BCUT2D eigenvalue weighted by Crippen LogP contribution is -2.27. The second-order valence-corrected chi connectivity index (χ2v) is 7.58. The van der Waals surface area contributed by atoms with Crippen LogP contribution in [0.5, 0.6) is 0 Å². The van der Waals surface area contributed by atoms with Crippen LogP contribution in [0, 0.1) is 5.92 Å². The van der Waals surface area contributed by atoms with Gasteiger partial charge < -0.3 is 5.32 Å². The zero-order valence-corrected chi connectivity index (χ0v) is 13.9. The van der Waals surface area contributed by atoms with Crippen molar-refractivity contribution in [1.82, 2.24) is 10.0 Å². The molecule has 1 aromatic carbocycles. The molecule has 0 heterocycles. The highest BCUT2D eigenvalue weighted by Gasteiger charge is 2.39. The Labute approximate surface area is 128 Å². The average Bonchev–Trinajstić information content (AvgIpc) is 3.16. The zero-order valence-electron chi connectivity index (χ0n) is 13.1. The van der Waals surface area contributed by atoms with Gasteiger partial charge in [-0.25, -0.2) is 13.1 Å². The lowest BCUT2D eigenvalue weighted by Gasteiger charge is -2.14. The molecule has 0 bridgehead atoms. The van der Waals surface area contributed by atoms with Gasteiger partial charge in [0.05, 0.1) is 4.90 Å². The summed E-state index contributed by atoms with van der Waals surface area (Å²) >= 11 is 0.